The molecule has 17 heavy (non-hydrogen) atoms. The Hall–Kier alpha value is -0.940. The Morgan fingerprint density at radius 3 is 2.59 bits per heavy atom. The second-order valence-corrected chi connectivity index (χ2v) is 5.12. The Morgan fingerprint density at radius 1 is 1.53 bits per heavy atom. The molecule has 0 amide bonds. The van der Waals surface area contributed by atoms with Crippen LogP contribution in [0.25, 0.3) is 0 Å². The summed E-state index contributed by atoms with van der Waals surface area (Å²) in [5, 5.41) is 8.68. The molecular weight excluding hydrogens is 289 g/mol. The Balaban J connectivity index is 3.14. The van der Waals surface area contributed by atoms with Gasteiger partial charge in [-0.15, -0.1) is 0 Å². The highest BCUT2D eigenvalue weighted by Crippen LogP contribution is 2.29. The van der Waals surface area contributed by atoms with Crippen LogP contribution in [0.4, 0.5) is 4.39 Å². The van der Waals surface area contributed by atoms with Crippen molar-refractivity contribution >= 4 is 21.9 Å². The standard InChI is InChI=1S/C12H15BrFNO2/c1-6(2)8-3-7(4-9(13)12(8)14)10(15)5-11(16)17/h3-4,6,10H,5,15H2,1-2H3,(H,16,17). The molecule has 1 aromatic carbocycles. The molecule has 0 aliphatic heterocycles. The number of hydrogen-bond donors (Lipinski definition) is 2. The van der Waals surface area contributed by atoms with Crippen molar-refractivity contribution in [3.63, 3.8) is 0 Å². The van der Waals surface area contributed by atoms with Gasteiger partial charge in [0.1, 0.15) is 5.82 Å². The van der Waals surface area contributed by atoms with Crippen molar-refractivity contribution < 1.29 is 14.3 Å². The normalized spacial score (nSPS) is 12.8. The first-order valence-corrected chi connectivity index (χ1v) is 6.08. The Labute approximate surface area is 108 Å². The van der Waals surface area contributed by atoms with Gasteiger partial charge in [-0.1, -0.05) is 19.9 Å². The number of carbonyl (C=O) groups is 1. The van der Waals surface area contributed by atoms with Gasteiger partial charge < -0.3 is 10.8 Å². The SMILES string of the molecule is CC(C)c1cc(C(N)CC(=O)O)cc(Br)c1F. The van der Waals surface area contributed by atoms with Crippen LogP contribution in [0.15, 0.2) is 16.6 Å². The lowest BCUT2D eigenvalue weighted by molar-refractivity contribution is -0.137. The molecule has 5 heteroatoms. The van der Waals surface area contributed by atoms with Crippen molar-refractivity contribution in [2.75, 3.05) is 0 Å². The Morgan fingerprint density at radius 2 is 2.12 bits per heavy atom. The molecule has 0 aliphatic carbocycles. The van der Waals surface area contributed by atoms with Crippen molar-refractivity contribution in [3.05, 3.63) is 33.5 Å². The van der Waals surface area contributed by atoms with Crippen LogP contribution < -0.4 is 5.73 Å². The van der Waals surface area contributed by atoms with E-state index in [1.165, 1.54) is 6.07 Å². The van der Waals surface area contributed by atoms with E-state index in [0.29, 0.717) is 15.6 Å². The van der Waals surface area contributed by atoms with Gasteiger partial charge in [-0.2, -0.15) is 0 Å². The van der Waals surface area contributed by atoms with Crippen molar-refractivity contribution in [1.29, 1.82) is 0 Å². The first-order chi connectivity index (χ1) is 7.82. The van der Waals surface area contributed by atoms with Gasteiger partial charge in [-0.25, -0.2) is 4.39 Å². The summed E-state index contributed by atoms with van der Waals surface area (Å²) < 4.78 is 14.1. The molecule has 0 aliphatic rings. The fourth-order valence-corrected chi connectivity index (χ4v) is 2.07. The molecule has 0 bridgehead atoms. The zero-order chi connectivity index (χ0) is 13.2. The first-order valence-electron chi connectivity index (χ1n) is 5.29. The van der Waals surface area contributed by atoms with Gasteiger partial charge in [0.2, 0.25) is 0 Å². The molecule has 0 spiro atoms. The summed E-state index contributed by atoms with van der Waals surface area (Å²) in [5.41, 5.74) is 6.93. The van der Waals surface area contributed by atoms with E-state index in [1.807, 2.05) is 13.8 Å². The van der Waals surface area contributed by atoms with Gasteiger partial charge in [0.15, 0.2) is 0 Å². The molecular formula is C12H15BrFNO2. The molecule has 1 unspecified atom stereocenters. The summed E-state index contributed by atoms with van der Waals surface area (Å²) in [6.07, 6.45) is -0.171. The van der Waals surface area contributed by atoms with Crippen LogP contribution in [0, 0.1) is 5.82 Å². The third-order valence-electron chi connectivity index (χ3n) is 2.52. The lowest BCUT2D eigenvalue weighted by Crippen LogP contribution is -2.15. The highest BCUT2D eigenvalue weighted by Gasteiger charge is 2.17. The molecule has 0 aromatic heterocycles. The monoisotopic (exact) mass is 303 g/mol. The minimum Gasteiger partial charge on any atom is -0.481 e. The summed E-state index contributed by atoms with van der Waals surface area (Å²) in [4.78, 5) is 10.6. The smallest absolute Gasteiger partial charge is 0.305 e. The summed E-state index contributed by atoms with van der Waals surface area (Å²) in [6, 6.07) is 2.55. The van der Waals surface area contributed by atoms with E-state index >= 15 is 0 Å². The van der Waals surface area contributed by atoms with E-state index in [9.17, 15) is 9.18 Å². The van der Waals surface area contributed by atoms with Gasteiger partial charge in [0.25, 0.3) is 0 Å². The topological polar surface area (TPSA) is 63.3 Å². The van der Waals surface area contributed by atoms with Crippen molar-refractivity contribution in [2.45, 2.75) is 32.2 Å². The van der Waals surface area contributed by atoms with Gasteiger partial charge in [0.05, 0.1) is 10.9 Å². The average Bonchev–Trinajstić information content (AvgIpc) is 2.20. The number of nitrogens with two attached hydrogens (primary N) is 1. The predicted molar refractivity (Wildman–Crippen MR) is 67.4 cm³/mol. The maximum absolute atomic E-state index is 13.8. The summed E-state index contributed by atoms with van der Waals surface area (Å²) in [7, 11) is 0. The largest absolute Gasteiger partial charge is 0.481 e. The minimum atomic E-state index is -0.968. The number of rotatable bonds is 4. The third-order valence-corrected chi connectivity index (χ3v) is 3.10. The number of carboxylic acids is 1. The van der Waals surface area contributed by atoms with Gasteiger partial charge in [-0.3, -0.25) is 4.79 Å². The molecule has 3 N–H and O–H groups in total. The van der Waals surface area contributed by atoms with Crippen LogP contribution in [0.5, 0.6) is 0 Å². The Kier molecular flexibility index (Phi) is 4.65. The lowest BCUT2D eigenvalue weighted by Gasteiger charge is -2.15. The molecule has 1 rings (SSSR count). The molecule has 0 heterocycles. The van der Waals surface area contributed by atoms with Crippen LogP contribution in [0.3, 0.4) is 0 Å². The minimum absolute atomic E-state index is 0.0169. The second kappa shape index (κ2) is 5.60. The second-order valence-electron chi connectivity index (χ2n) is 4.26. The number of halogens is 2. The zero-order valence-corrected chi connectivity index (χ0v) is 11.3. The number of aliphatic carboxylic acids is 1. The number of hydrogen-bond acceptors (Lipinski definition) is 2. The van der Waals surface area contributed by atoms with Crippen molar-refractivity contribution in [1.82, 2.24) is 0 Å². The van der Waals surface area contributed by atoms with Gasteiger partial charge in [-0.05, 0) is 39.0 Å². The lowest BCUT2D eigenvalue weighted by atomic mass is 9.96. The molecule has 0 saturated heterocycles. The van der Waals surface area contributed by atoms with E-state index < -0.39 is 12.0 Å². The highest BCUT2D eigenvalue weighted by atomic mass is 79.9. The molecule has 0 fully saturated rings. The van der Waals surface area contributed by atoms with Crippen LogP contribution in [0.2, 0.25) is 0 Å². The van der Waals surface area contributed by atoms with Crippen molar-refractivity contribution in [2.24, 2.45) is 5.73 Å². The van der Waals surface area contributed by atoms with Crippen LogP contribution in [0.1, 0.15) is 43.4 Å². The van der Waals surface area contributed by atoms with Crippen LogP contribution in [-0.4, -0.2) is 11.1 Å². The fraction of sp³-hybridized carbons (Fsp3) is 0.417. The fourth-order valence-electron chi connectivity index (χ4n) is 1.57. The van der Waals surface area contributed by atoms with Crippen LogP contribution in [-0.2, 0) is 4.79 Å². The molecule has 0 radical (unpaired) electrons. The van der Waals surface area contributed by atoms with E-state index in [4.69, 9.17) is 10.8 Å². The quantitative estimate of drug-likeness (QED) is 0.898. The predicted octanol–water partition coefficient (Wildman–Crippen LogP) is 3.19. The van der Waals surface area contributed by atoms with Crippen LogP contribution >= 0.6 is 15.9 Å². The summed E-state index contributed by atoms with van der Waals surface area (Å²) in [5.74, 6) is -1.27. The number of benzene rings is 1. The third kappa shape index (κ3) is 3.51. The average molecular weight is 304 g/mol. The molecule has 3 nitrogen and oxygen atoms in total. The number of carboxylic acid groups (broad SMARTS) is 1. The highest BCUT2D eigenvalue weighted by molar-refractivity contribution is 9.10. The zero-order valence-electron chi connectivity index (χ0n) is 9.71. The Bertz CT molecular complexity index is 435. The van der Waals surface area contributed by atoms with Gasteiger partial charge >= 0.3 is 5.97 Å². The van der Waals surface area contributed by atoms with E-state index in [-0.39, 0.29) is 18.2 Å². The maximum Gasteiger partial charge on any atom is 0.305 e. The summed E-state index contributed by atoms with van der Waals surface area (Å²) >= 11 is 3.12. The van der Waals surface area contributed by atoms with E-state index in [0.717, 1.165) is 0 Å². The van der Waals surface area contributed by atoms with E-state index in [1.54, 1.807) is 6.07 Å². The molecule has 94 valence electrons. The van der Waals surface area contributed by atoms with Crippen molar-refractivity contribution in [3.8, 4) is 0 Å². The maximum atomic E-state index is 13.8. The molecule has 1 atom stereocenters. The van der Waals surface area contributed by atoms with E-state index in [2.05, 4.69) is 15.9 Å². The first kappa shape index (κ1) is 14.1. The molecule has 1 aromatic rings. The molecule has 0 saturated carbocycles. The summed E-state index contributed by atoms with van der Waals surface area (Å²) in [6.45, 7) is 3.74. The van der Waals surface area contributed by atoms with Gasteiger partial charge in [0, 0.05) is 6.04 Å².